The summed E-state index contributed by atoms with van der Waals surface area (Å²) in [6, 6.07) is 6.36. The van der Waals surface area contributed by atoms with E-state index in [1.54, 1.807) is 7.11 Å². The first-order chi connectivity index (χ1) is 9.74. The topological polar surface area (TPSA) is 39.1 Å². The van der Waals surface area contributed by atoms with E-state index in [0.29, 0.717) is 0 Å². The van der Waals surface area contributed by atoms with Gasteiger partial charge in [-0.2, -0.15) is 0 Å². The SMILES string of the molecule is CCCNCc1cc(Cc2nccn2C)ccc1OC. The van der Waals surface area contributed by atoms with Crippen LogP contribution < -0.4 is 10.1 Å². The monoisotopic (exact) mass is 273 g/mol. The minimum absolute atomic E-state index is 0.839. The van der Waals surface area contributed by atoms with Crippen LogP contribution in [0.5, 0.6) is 5.75 Å². The van der Waals surface area contributed by atoms with Gasteiger partial charge >= 0.3 is 0 Å². The van der Waals surface area contributed by atoms with Crippen molar-refractivity contribution in [3.05, 3.63) is 47.5 Å². The van der Waals surface area contributed by atoms with E-state index in [1.807, 2.05) is 25.5 Å². The molecule has 108 valence electrons. The van der Waals surface area contributed by atoms with Crippen LogP contribution in [0.15, 0.2) is 30.6 Å². The Bertz CT molecular complexity index is 548. The standard InChI is InChI=1S/C16H23N3O/c1-4-7-17-12-14-10-13(5-6-15(14)20-3)11-16-18-8-9-19(16)2/h5-6,8-10,17H,4,7,11-12H2,1-3H3. The lowest BCUT2D eigenvalue weighted by Gasteiger charge is -2.11. The Morgan fingerprint density at radius 3 is 2.85 bits per heavy atom. The van der Waals surface area contributed by atoms with E-state index in [1.165, 1.54) is 11.1 Å². The van der Waals surface area contributed by atoms with Crippen LogP contribution in [0.4, 0.5) is 0 Å². The van der Waals surface area contributed by atoms with E-state index in [0.717, 1.165) is 37.5 Å². The molecule has 0 aliphatic heterocycles. The van der Waals surface area contributed by atoms with Gasteiger partial charge < -0.3 is 14.6 Å². The summed E-state index contributed by atoms with van der Waals surface area (Å²) in [5.74, 6) is 2.01. The molecule has 2 aromatic rings. The molecule has 20 heavy (non-hydrogen) atoms. The van der Waals surface area contributed by atoms with E-state index >= 15 is 0 Å². The second-order valence-electron chi connectivity index (χ2n) is 4.95. The summed E-state index contributed by atoms with van der Waals surface area (Å²) in [5.41, 5.74) is 2.46. The molecule has 0 aliphatic rings. The maximum Gasteiger partial charge on any atom is 0.123 e. The highest BCUT2D eigenvalue weighted by Gasteiger charge is 2.07. The van der Waals surface area contributed by atoms with Gasteiger partial charge in [0.2, 0.25) is 0 Å². The molecular formula is C16H23N3O. The molecular weight excluding hydrogens is 250 g/mol. The molecule has 2 rings (SSSR count). The molecule has 0 unspecified atom stereocenters. The molecule has 0 amide bonds. The largest absolute Gasteiger partial charge is 0.496 e. The Kier molecular flexibility index (Phi) is 5.18. The van der Waals surface area contributed by atoms with Crippen molar-refractivity contribution in [1.82, 2.24) is 14.9 Å². The molecule has 0 bridgehead atoms. The zero-order valence-corrected chi connectivity index (χ0v) is 12.5. The summed E-state index contributed by atoms with van der Waals surface area (Å²) in [6.45, 7) is 4.03. The van der Waals surface area contributed by atoms with Gasteiger partial charge in [-0.1, -0.05) is 19.1 Å². The lowest BCUT2D eigenvalue weighted by Crippen LogP contribution is -2.14. The summed E-state index contributed by atoms with van der Waals surface area (Å²) in [4.78, 5) is 4.37. The molecule has 4 nitrogen and oxygen atoms in total. The van der Waals surface area contributed by atoms with Crippen molar-refractivity contribution < 1.29 is 4.74 Å². The Hall–Kier alpha value is -1.81. The van der Waals surface area contributed by atoms with Crippen molar-refractivity contribution in [3.8, 4) is 5.75 Å². The fraction of sp³-hybridized carbons (Fsp3) is 0.438. The smallest absolute Gasteiger partial charge is 0.123 e. The molecule has 0 aliphatic carbocycles. The van der Waals surface area contributed by atoms with Crippen LogP contribution in [0.3, 0.4) is 0 Å². The predicted octanol–water partition coefficient (Wildman–Crippen LogP) is 2.52. The van der Waals surface area contributed by atoms with Crippen molar-refractivity contribution in [2.24, 2.45) is 7.05 Å². The molecule has 0 fully saturated rings. The quantitative estimate of drug-likeness (QED) is 0.788. The van der Waals surface area contributed by atoms with Crippen molar-refractivity contribution in [3.63, 3.8) is 0 Å². The third-order valence-corrected chi connectivity index (χ3v) is 3.37. The molecule has 0 atom stereocenters. The number of nitrogens with zero attached hydrogens (tertiary/aromatic N) is 2. The van der Waals surface area contributed by atoms with Crippen LogP contribution in [0.2, 0.25) is 0 Å². The van der Waals surface area contributed by atoms with Crippen molar-refractivity contribution >= 4 is 0 Å². The number of hydrogen-bond donors (Lipinski definition) is 1. The maximum atomic E-state index is 5.43. The fourth-order valence-electron chi connectivity index (χ4n) is 2.23. The number of rotatable bonds is 7. The summed E-state index contributed by atoms with van der Waals surface area (Å²) in [5, 5.41) is 3.42. The number of ether oxygens (including phenoxy) is 1. The summed E-state index contributed by atoms with van der Waals surface area (Å²) in [6.07, 6.45) is 5.79. The lowest BCUT2D eigenvalue weighted by molar-refractivity contribution is 0.407. The molecule has 0 radical (unpaired) electrons. The summed E-state index contributed by atoms with van der Waals surface area (Å²) in [7, 11) is 3.74. The maximum absolute atomic E-state index is 5.43. The van der Waals surface area contributed by atoms with Gasteiger partial charge in [-0.15, -0.1) is 0 Å². The average molecular weight is 273 g/mol. The first-order valence-electron chi connectivity index (χ1n) is 7.07. The van der Waals surface area contributed by atoms with Crippen LogP contribution in [-0.2, 0) is 20.0 Å². The Balaban J connectivity index is 2.14. The molecule has 1 heterocycles. The number of hydrogen-bond acceptors (Lipinski definition) is 3. The first kappa shape index (κ1) is 14.6. The third-order valence-electron chi connectivity index (χ3n) is 3.37. The second-order valence-corrected chi connectivity index (χ2v) is 4.95. The Labute approximate surface area is 120 Å². The van der Waals surface area contributed by atoms with Crippen LogP contribution in [-0.4, -0.2) is 23.2 Å². The number of aryl methyl sites for hydroxylation is 1. The van der Waals surface area contributed by atoms with Gasteiger partial charge in [-0.25, -0.2) is 4.98 Å². The molecule has 1 aromatic carbocycles. The van der Waals surface area contributed by atoms with Crippen molar-refractivity contribution in [2.75, 3.05) is 13.7 Å². The highest BCUT2D eigenvalue weighted by molar-refractivity contribution is 5.38. The highest BCUT2D eigenvalue weighted by atomic mass is 16.5. The van der Waals surface area contributed by atoms with Gasteiger partial charge in [-0.05, 0) is 24.6 Å². The van der Waals surface area contributed by atoms with Gasteiger partial charge in [-0.3, -0.25) is 0 Å². The van der Waals surface area contributed by atoms with Gasteiger partial charge in [0.25, 0.3) is 0 Å². The van der Waals surface area contributed by atoms with E-state index in [-0.39, 0.29) is 0 Å². The van der Waals surface area contributed by atoms with E-state index in [2.05, 4.69) is 33.9 Å². The minimum atomic E-state index is 0.839. The van der Waals surface area contributed by atoms with Gasteiger partial charge in [0.15, 0.2) is 0 Å². The van der Waals surface area contributed by atoms with Crippen LogP contribution >= 0.6 is 0 Å². The van der Waals surface area contributed by atoms with Crippen LogP contribution in [0.1, 0.15) is 30.3 Å². The van der Waals surface area contributed by atoms with Crippen LogP contribution in [0.25, 0.3) is 0 Å². The number of benzene rings is 1. The van der Waals surface area contributed by atoms with E-state index in [9.17, 15) is 0 Å². The molecule has 0 saturated heterocycles. The molecule has 0 spiro atoms. The van der Waals surface area contributed by atoms with Crippen molar-refractivity contribution in [2.45, 2.75) is 26.3 Å². The fourth-order valence-corrected chi connectivity index (χ4v) is 2.23. The summed E-state index contributed by atoms with van der Waals surface area (Å²) < 4.78 is 7.48. The van der Waals surface area contributed by atoms with Crippen LogP contribution in [0, 0.1) is 0 Å². The van der Waals surface area contributed by atoms with E-state index in [4.69, 9.17) is 4.74 Å². The number of imidazole rings is 1. The Morgan fingerprint density at radius 2 is 2.20 bits per heavy atom. The Morgan fingerprint density at radius 1 is 1.35 bits per heavy atom. The number of nitrogens with one attached hydrogen (secondary N) is 1. The molecule has 0 saturated carbocycles. The number of aromatic nitrogens is 2. The van der Waals surface area contributed by atoms with Gasteiger partial charge in [0.05, 0.1) is 7.11 Å². The normalized spacial score (nSPS) is 10.8. The molecule has 1 aromatic heterocycles. The minimum Gasteiger partial charge on any atom is -0.496 e. The van der Waals surface area contributed by atoms with Crippen molar-refractivity contribution in [1.29, 1.82) is 0 Å². The number of methoxy groups -OCH3 is 1. The zero-order chi connectivity index (χ0) is 14.4. The molecule has 4 heteroatoms. The van der Waals surface area contributed by atoms with Gasteiger partial charge in [0, 0.05) is 38.0 Å². The summed E-state index contributed by atoms with van der Waals surface area (Å²) >= 11 is 0. The molecule has 1 N–H and O–H groups in total. The second kappa shape index (κ2) is 7.10. The van der Waals surface area contributed by atoms with E-state index < -0.39 is 0 Å². The predicted molar refractivity (Wildman–Crippen MR) is 81.0 cm³/mol. The third kappa shape index (κ3) is 3.61. The zero-order valence-electron chi connectivity index (χ0n) is 12.5. The first-order valence-corrected chi connectivity index (χ1v) is 7.07. The lowest BCUT2D eigenvalue weighted by atomic mass is 10.1. The average Bonchev–Trinajstić information content (AvgIpc) is 2.85. The highest BCUT2D eigenvalue weighted by Crippen LogP contribution is 2.21. The van der Waals surface area contributed by atoms with Gasteiger partial charge in [0.1, 0.15) is 11.6 Å².